The molecule has 0 saturated carbocycles. The van der Waals surface area contributed by atoms with Gasteiger partial charge in [0, 0.05) is 57.6 Å². The van der Waals surface area contributed by atoms with Crippen LogP contribution < -0.4 is 5.56 Å². The molecule has 116 valence electrons. The topological polar surface area (TPSA) is 54.8 Å². The molecule has 6 heteroatoms. The van der Waals surface area contributed by atoms with Gasteiger partial charge in [-0.05, 0) is 13.0 Å². The van der Waals surface area contributed by atoms with Crippen molar-refractivity contribution < 1.29 is 9.53 Å². The van der Waals surface area contributed by atoms with Gasteiger partial charge in [0.1, 0.15) is 0 Å². The molecule has 1 aliphatic rings. The quantitative estimate of drug-likeness (QED) is 0.782. The summed E-state index contributed by atoms with van der Waals surface area (Å²) in [7, 11) is 1.77. The predicted molar refractivity (Wildman–Crippen MR) is 80.6 cm³/mol. The number of carbonyl (C=O) groups excluding carboxylic acids is 1. The number of hydrogen-bond acceptors (Lipinski definition) is 4. The molecule has 0 N–H and O–H groups in total. The molecule has 0 unspecified atom stereocenters. The first-order chi connectivity index (χ1) is 10.1. The summed E-state index contributed by atoms with van der Waals surface area (Å²) in [5.74, 6) is -0.108. The monoisotopic (exact) mass is 293 g/mol. The zero-order valence-corrected chi connectivity index (χ0v) is 12.7. The number of ether oxygens (including phenoxy) is 1. The average Bonchev–Trinajstić information content (AvgIpc) is 2.52. The van der Waals surface area contributed by atoms with Crippen molar-refractivity contribution in [3.63, 3.8) is 0 Å². The van der Waals surface area contributed by atoms with Gasteiger partial charge >= 0.3 is 0 Å². The Balaban J connectivity index is 1.92. The second-order valence-corrected chi connectivity index (χ2v) is 5.22. The highest BCUT2D eigenvalue weighted by Gasteiger charge is 2.15. The van der Waals surface area contributed by atoms with Gasteiger partial charge in [0.05, 0.1) is 13.2 Å². The highest BCUT2D eigenvalue weighted by molar-refractivity contribution is 5.93. The summed E-state index contributed by atoms with van der Waals surface area (Å²) in [6.45, 7) is 7.33. The third-order valence-electron chi connectivity index (χ3n) is 3.79. The van der Waals surface area contributed by atoms with Gasteiger partial charge in [-0.15, -0.1) is 0 Å². The number of nitrogens with zero attached hydrogens (tertiary/aromatic N) is 3. The van der Waals surface area contributed by atoms with Gasteiger partial charge in [-0.3, -0.25) is 14.5 Å². The van der Waals surface area contributed by atoms with Crippen molar-refractivity contribution in [2.45, 2.75) is 13.5 Å². The van der Waals surface area contributed by atoms with Crippen LogP contribution in [0.25, 0.3) is 0 Å². The summed E-state index contributed by atoms with van der Waals surface area (Å²) in [5, 5.41) is 0. The van der Waals surface area contributed by atoms with Crippen molar-refractivity contribution in [2.75, 3.05) is 46.4 Å². The van der Waals surface area contributed by atoms with Gasteiger partial charge in [0.2, 0.25) is 0 Å². The average molecular weight is 293 g/mol. The van der Waals surface area contributed by atoms with E-state index in [4.69, 9.17) is 4.74 Å². The van der Waals surface area contributed by atoms with E-state index in [-0.39, 0.29) is 11.5 Å². The number of carbonyl (C=O) groups is 1. The molecule has 0 atom stereocenters. The van der Waals surface area contributed by atoms with Crippen LogP contribution >= 0.6 is 0 Å². The first-order valence-electron chi connectivity index (χ1n) is 7.38. The van der Waals surface area contributed by atoms with Crippen molar-refractivity contribution in [2.24, 2.45) is 0 Å². The Labute approximate surface area is 124 Å². The van der Waals surface area contributed by atoms with Crippen LogP contribution in [-0.2, 0) is 11.3 Å². The summed E-state index contributed by atoms with van der Waals surface area (Å²) in [6.07, 6.45) is 1.67. The Morgan fingerprint density at radius 1 is 1.38 bits per heavy atom. The van der Waals surface area contributed by atoms with Gasteiger partial charge in [-0.25, -0.2) is 0 Å². The van der Waals surface area contributed by atoms with Crippen LogP contribution in [0.3, 0.4) is 0 Å². The Morgan fingerprint density at radius 2 is 2.10 bits per heavy atom. The maximum Gasteiger partial charge on any atom is 0.253 e. The SMILES string of the molecule is CCn1ccc(C(=O)N(C)CCN2CCOCC2)cc1=O. The summed E-state index contributed by atoms with van der Waals surface area (Å²) in [6, 6.07) is 3.12. The third kappa shape index (κ3) is 4.15. The number of hydrogen-bond donors (Lipinski definition) is 0. The molecule has 1 aliphatic heterocycles. The van der Waals surface area contributed by atoms with E-state index in [0.29, 0.717) is 18.7 Å². The van der Waals surface area contributed by atoms with E-state index < -0.39 is 0 Å². The van der Waals surface area contributed by atoms with Gasteiger partial charge < -0.3 is 14.2 Å². The second-order valence-electron chi connectivity index (χ2n) is 5.22. The first-order valence-corrected chi connectivity index (χ1v) is 7.38. The minimum absolute atomic E-state index is 0.108. The molecule has 0 aromatic carbocycles. The molecule has 2 rings (SSSR count). The number of likely N-dealkylation sites (N-methyl/N-ethyl adjacent to an activating group) is 1. The molecular formula is C15H23N3O3. The number of rotatable bonds is 5. The lowest BCUT2D eigenvalue weighted by atomic mass is 10.2. The van der Waals surface area contributed by atoms with Crippen molar-refractivity contribution in [3.8, 4) is 0 Å². The predicted octanol–water partition coefficient (Wildman–Crippen LogP) is 0.272. The Bertz CT molecular complexity index is 535. The van der Waals surface area contributed by atoms with E-state index >= 15 is 0 Å². The molecule has 2 heterocycles. The third-order valence-corrected chi connectivity index (χ3v) is 3.79. The zero-order chi connectivity index (χ0) is 15.2. The fourth-order valence-corrected chi connectivity index (χ4v) is 2.34. The highest BCUT2D eigenvalue weighted by atomic mass is 16.5. The van der Waals surface area contributed by atoms with Crippen LogP contribution in [-0.4, -0.2) is 66.7 Å². The lowest BCUT2D eigenvalue weighted by Crippen LogP contribution is -2.42. The van der Waals surface area contributed by atoms with E-state index in [9.17, 15) is 9.59 Å². The molecule has 0 spiro atoms. The fraction of sp³-hybridized carbons (Fsp3) is 0.600. The molecule has 1 amide bonds. The molecule has 1 fully saturated rings. The van der Waals surface area contributed by atoms with Gasteiger partial charge in [0.25, 0.3) is 11.5 Å². The Kier molecular flexibility index (Phi) is 5.52. The van der Waals surface area contributed by atoms with E-state index in [1.807, 2.05) is 6.92 Å². The zero-order valence-electron chi connectivity index (χ0n) is 12.7. The lowest BCUT2D eigenvalue weighted by Gasteiger charge is -2.28. The second kappa shape index (κ2) is 7.38. The molecule has 1 aromatic rings. The normalized spacial score (nSPS) is 15.9. The minimum atomic E-state index is -0.134. The van der Waals surface area contributed by atoms with Crippen LogP contribution in [0.5, 0.6) is 0 Å². The largest absolute Gasteiger partial charge is 0.379 e. The van der Waals surface area contributed by atoms with Crippen LogP contribution in [0.1, 0.15) is 17.3 Å². The number of amides is 1. The molecule has 6 nitrogen and oxygen atoms in total. The smallest absolute Gasteiger partial charge is 0.253 e. The summed E-state index contributed by atoms with van der Waals surface area (Å²) in [5.41, 5.74) is 0.319. The number of aromatic nitrogens is 1. The molecule has 1 saturated heterocycles. The fourth-order valence-electron chi connectivity index (χ4n) is 2.34. The lowest BCUT2D eigenvalue weighted by molar-refractivity contribution is 0.0338. The van der Waals surface area contributed by atoms with Crippen LogP contribution in [0.15, 0.2) is 23.1 Å². The molecular weight excluding hydrogens is 270 g/mol. The highest BCUT2D eigenvalue weighted by Crippen LogP contribution is 2.02. The van der Waals surface area contributed by atoms with Crippen molar-refractivity contribution in [1.82, 2.24) is 14.4 Å². The van der Waals surface area contributed by atoms with Crippen molar-refractivity contribution in [1.29, 1.82) is 0 Å². The van der Waals surface area contributed by atoms with Gasteiger partial charge in [-0.1, -0.05) is 0 Å². The van der Waals surface area contributed by atoms with Gasteiger partial charge in [-0.2, -0.15) is 0 Å². The Morgan fingerprint density at radius 3 is 2.71 bits per heavy atom. The number of pyridine rings is 1. The maximum absolute atomic E-state index is 12.3. The summed E-state index contributed by atoms with van der Waals surface area (Å²) >= 11 is 0. The van der Waals surface area contributed by atoms with E-state index in [0.717, 1.165) is 32.8 Å². The molecule has 0 radical (unpaired) electrons. The van der Waals surface area contributed by atoms with Gasteiger partial charge in [0.15, 0.2) is 0 Å². The first kappa shape index (κ1) is 15.7. The Hall–Kier alpha value is -1.66. The molecule has 21 heavy (non-hydrogen) atoms. The van der Waals surface area contributed by atoms with E-state index in [1.165, 1.54) is 6.07 Å². The van der Waals surface area contributed by atoms with Crippen LogP contribution in [0.2, 0.25) is 0 Å². The van der Waals surface area contributed by atoms with Crippen LogP contribution in [0.4, 0.5) is 0 Å². The summed E-state index contributed by atoms with van der Waals surface area (Å²) < 4.78 is 6.87. The molecule has 1 aromatic heterocycles. The molecule has 0 bridgehead atoms. The number of aryl methyl sites for hydroxylation is 1. The summed E-state index contributed by atoms with van der Waals surface area (Å²) in [4.78, 5) is 28.0. The van der Waals surface area contributed by atoms with E-state index in [1.54, 1.807) is 28.8 Å². The maximum atomic E-state index is 12.3. The minimum Gasteiger partial charge on any atom is -0.379 e. The van der Waals surface area contributed by atoms with Crippen molar-refractivity contribution >= 4 is 5.91 Å². The molecule has 0 aliphatic carbocycles. The standard InChI is InChI=1S/C15H23N3O3/c1-3-18-5-4-13(12-14(18)19)15(20)16(2)6-7-17-8-10-21-11-9-17/h4-5,12H,3,6-11H2,1-2H3. The van der Waals surface area contributed by atoms with Crippen LogP contribution in [0, 0.1) is 0 Å². The van der Waals surface area contributed by atoms with Crippen molar-refractivity contribution in [3.05, 3.63) is 34.2 Å². The van der Waals surface area contributed by atoms with E-state index in [2.05, 4.69) is 4.90 Å². The number of morpholine rings is 1.